The Morgan fingerprint density at radius 1 is 1.47 bits per heavy atom. The molecule has 1 aliphatic rings. The van der Waals surface area contributed by atoms with Crippen LogP contribution in [0.25, 0.3) is 0 Å². The summed E-state index contributed by atoms with van der Waals surface area (Å²) in [5.74, 6) is 0.779. The van der Waals surface area contributed by atoms with Gasteiger partial charge >= 0.3 is 0 Å². The Labute approximate surface area is 109 Å². The SMILES string of the molecule is NC(CC1(COc2ccc([N+](=O)[O-])cc2)CC1)=NO. The quantitative estimate of drug-likeness (QED) is 0.268. The molecule has 19 heavy (non-hydrogen) atoms. The minimum Gasteiger partial charge on any atom is -0.493 e. The third-order valence-corrected chi connectivity index (χ3v) is 3.23. The van der Waals surface area contributed by atoms with E-state index in [0.717, 1.165) is 12.8 Å². The summed E-state index contributed by atoms with van der Waals surface area (Å²) in [6.45, 7) is 0.459. The van der Waals surface area contributed by atoms with Crippen LogP contribution in [0.2, 0.25) is 0 Å². The zero-order chi connectivity index (χ0) is 13.9. The van der Waals surface area contributed by atoms with Crippen molar-refractivity contribution in [2.75, 3.05) is 6.61 Å². The maximum absolute atomic E-state index is 10.5. The van der Waals surface area contributed by atoms with Crippen LogP contribution in [0.5, 0.6) is 5.75 Å². The van der Waals surface area contributed by atoms with Crippen molar-refractivity contribution in [3.05, 3.63) is 34.4 Å². The zero-order valence-corrected chi connectivity index (χ0v) is 10.3. The zero-order valence-electron chi connectivity index (χ0n) is 10.3. The van der Waals surface area contributed by atoms with Gasteiger partial charge in [0.25, 0.3) is 5.69 Å². The molecule has 0 atom stereocenters. The van der Waals surface area contributed by atoms with Crippen LogP contribution in [-0.2, 0) is 0 Å². The van der Waals surface area contributed by atoms with Crippen LogP contribution in [0, 0.1) is 15.5 Å². The molecule has 0 radical (unpaired) electrons. The number of rotatable bonds is 6. The molecule has 1 aromatic rings. The summed E-state index contributed by atoms with van der Waals surface area (Å²) in [6.07, 6.45) is 2.43. The van der Waals surface area contributed by atoms with E-state index >= 15 is 0 Å². The normalized spacial score (nSPS) is 16.9. The molecule has 102 valence electrons. The molecule has 0 saturated heterocycles. The van der Waals surface area contributed by atoms with Crippen molar-refractivity contribution >= 4 is 11.5 Å². The largest absolute Gasteiger partial charge is 0.493 e. The van der Waals surface area contributed by atoms with E-state index in [1.165, 1.54) is 12.1 Å². The van der Waals surface area contributed by atoms with Gasteiger partial charge in [0.2, 0.25) is 0 Å². The van der Waals surface area contributed by atoms with Gasteiger partial charge in [-0.3, -0.25) is 10.1 Å². The molecule has 2 rings (SSSR count). The topological polar surface area (TPSA) is 111 Å². The van der Waals surface area contributed by atoms with E-state index in [9.17, 15) is 10.1 Å². The van der Waals surface area contributed by atoms with Crippen molar-refractivity contribution in [1.29, 1.82) is 0 Å². The van der Waals surface area contributed by atoms with Gasteiger partial charge < -0.3 is 15.7 Å². The van der Waals surface area contributed by atoms with Gasteiger partial charge in [0.15, 0.2) is 0 Å². The lowest BCUT2D eigenvalue weighted by molar-refractivity contribution is -0.384. The van der Waals surface area contributed by atoms with Crippen LogP contribution in [0.15, 0.2) is 29.4 Å². The molecule has 1 aromatic carbocycles. The standard InChI is InChI=1S/C12H15N3O4/c13-11(14-16)7-12(5-6-12)8-19-10-3-1-9(2-4-10)15(17)18/h1-4,16H,5-8H2,(H2,13,14). The first-order valence-electron chi connectivity index (χ1n) is 5.88. The van der Waals surface area contributed by atoms with E-state index in [1.54, 1.807) is 12.1 Å². The second kappa shape index (κ2) is 5.13. The number of amidine groups is 1. The van der Waals surface area contributed by atoms with Crippen molar-refractivity contribution in [1.82, 2.24) is 0 Å². The van der Waals surface area contributed by atoms with Crippen LogP contribution in [0.4, 0.5) is 5.69 Å². The first-order chi connectivity index (χ1) is 9.04. The van der Waals surface area contributed by atoms with E-state index in [1.807, 2.05) is 0 Å². The summed E-state index contributed by atoms with van der Waals surface area (Å²) in [4.78, 5) is 10.1. The van der Waals surface area contributed by atoms with Gasteiger partial charge in [0, 0.05) is 24.0 Å². The van der Waals surface area contributed by atoms with Crippen molar-refractivity contribution in [3.8, 4) is 5.75 Å². The second-order valence-corrected chi connectivity index (χ2v) is 4.81. The molecule has 1 saturated carbocycles. The van der Waals surface area contributed by atoms with Crippen LogP contribution in [0.3, 0.4) is 0 Å². The highest BCUT2D eigenvalue weighted by atomic mass is 16.6. The van der Waals surface area contributed by atoms with Gasteiger partial charge in [-0.2, -0.15) is 0 Å². The van der Waals surface area contributed by atoms with Gasteiger partial charge in [-0.1, -0.05) is 5.16 Å². The summed E-state index contributed by atoms with van der Waals surface area (Å²) in [7, 11) is 0. The number of nitrogens with two attached hydrogens (primary N) is 1. The van der Waals surface area contributed by atoms with E-state index < -0.39 is 4.92 Å². The van der Waals surface area contributed by atoms with Crippen LogP contribution < -0.4 is 10.5 Å². The fourth-order valence-corrected chi connectivity index (χ4v) is 1.87. The maximum atomic E-state index is 10.5. The minimum atomic E-state index is -0.454. The van der Waals surface area contributed by atoms with Gasteiger partial charge in [-0.15, -0.1) is 0 Å². The van der Waals surface area contributed by atoms with Gasteiger partial charge in [-0.25, -0.2) is 0 Å². The third-order valence-electron chi connectivity index (χ3n) is 3.23. The second-order valence-electron chi connectivity index (χ2n) is 4.81. The molecule has 0 amide bonds. The highest BCUT2D eigenvalue weighted by Gasteiger charge is 2.44. The highest BCUT2D eigenvalue weighted by molar-refractivity contribution is 5.80. The number of hydrogen-bond donors (Lipinski definition) is 2. The van der Waals surface area contributed by atoms with Crippen molar-refractivity contribution in [3.63, 3.8) is 0 Å². The number of oxime groups is 1. The molecular formula is C12H15N3O4. The minimum absolute atomic E-state index is 0.0325. The smallest absolute Gasteiger partial charge is 0.269 e. The van der Waals surface area contributed by atoms with Gasteiger partial charge in [0.1, 0.15) is 11.6 Å². The first-order valence-corrected chi connectivity index (χ1v) is 5.88. The summed E-state index contributed by atoms with van der Waals surface area (Å²) >= 11 is 0. The predicted molar refractivity (Wildman–Crippen MR) is 68.3 cm³/mol. The number of ether oxygens (including phenoxy) is 1. The molecule has 0 unspecified atom stereocenters. The summed E-state index contributed by atoms with van der Waals surface area (Å²) < 4.78 is 5.60. The van der Waals surface area contributed by atoms with E-state index in [4.69, 9.17) is 15.7 Å². The fourth-order valence-electron chi connectivity index (χ4n) is 1.87. The predicted octanol–water partition coefficient (Wildman–Crippen LogP) is 1.89. The molecular weight excluding hydrogens is 250 g/mol. The maximum Gasteiger partial charge on any atom is 0.269 e. The molecule has 1 fully saturated rings. The lowest BCUT2D eigenvalue weighted by atomic mass is 10.0. The molecule has 0 heterocycles. The number of non-ortho nitro benzene ring substituents is 1. The summed E-state index contributed by atoms with van der Waals surface area (Å²) in [5.41, 5.74) is 5.47. The average molecular weight is 265 g/mol. The molecule has 7 nitrogen and oxygen atoms in total. The molecule has 3 N–H and O–H groups in total. The number of nitro groups is 1. The van der Waals surface area contributed by atoms with Crippen molar-refractivity contribution in [2.24, 2.45) is 16.3 Å². The summed E-state index contributed by atoms with van der Waals surface area (Å²) in [5, 5.41) is 22.0. The Bertz CT molecular complexity index is 494. The highest BCUT2D eigenvalue weighted by Crippen LogP contribution is 2.49. The van der Waals surface area contributed by atoms with E-state index in [2.05, 4.69) is 5.16 Å². The Hall–Kier alpha value is -2.31. The molecule has 1 aliphatic carbocycles. The Balaban J connectivity index is 1.90. The van der Waals surface area contributed by atoms with Crippen molar-refractivity contribution < 1.29 is 14.9 Å². The number of hydrogen-bond acceptors (Lipinski definition) is 5. The third kappa shape index (κ3) is 3.34. The van der Waals surface area contributed by atoms with E-state index in [-0.39, 0.29) is 16.9 Å². The molecule has 7 heteroatoms. The number of nitrogens with zero attached hydrogens (tertiary/aromatic N) is 2. The van der Waals surface area contributed by atoms with Crippen LogP contribution in [0.1, 0.15) is 19.3 Å². The molecule has 0 spiro atoms. The molecule has 0 bridgehead atoms. The lowest BCUT2D eigenvalue weighted by Crippen LogP contribution is -2.22. The van der Waals surface area contributed by atoms with Gasteiger partial charge in [0.05, 0.1) is 11.5 Å². The average Bonchev–Trinajstić information content (AvgIpc) is 3.17. The lowest BCUT2D eigenvalue weighted by Gasteiger charge is -2.15. The van der Waals surface area contributed by atoms with Crippen LogP contribution >= 0.6 is 0 Å². The van der Waals surface area contributed by atoms with Crippen LogP contribution in [-0.4, -0.2) is 22.6 Å². The van der Waals surface area contributed by atoms with E-state index in [0.29, 0.717) is 18.8 Å². The molecule has 0 aromatic heterocycles. The fraction of sp³-hybridized carbons (Fsp3) is 0.417. The van der Waals surface area contributed by atoms with Crippen molar-refractivity contribution in [2.45, 2.75) is 19.3 Å². The Morgan fingerprint density at radius 3 is 2.58 bits per heavy atom. The first kappa shape index (κ1) is 13.1. The number of benzene rings is 1. The molecule has 0 aliphatic heterocycles. The number of nitro benzene ring substituents is 1. The Kier molecular flexibility index (Phi) is 3.55. The van der Waals surface area contributed by atoms with Gasteiger partial charge in [-0.05, 0) is 25.0 Å². The summed E-state index contributed by atoms with van der Waals surface area (Å²) in [6, 6.07) is 5.94. The monoisotopic (exact) mass is 265 g/mol. The Morgan fingerprint density at radius 2 is 2.11 bits per heavy atom.